The number of nitrogens with one attached hydrogen (secondary N) is 2. The van der Waals surface area contributed by atoms with Crippen molar-refractivity contribution >= 4 is 46.6 Å². The molecule has 0 radical (unpaired) electrons. The van der Waals surface area contributed by atoms with Crippen LogP contribution in [0.3, 0.4) is 0 Å². The van der Waals surface area contributed by atoms with Crippen LogP contribution in [-0.2, 0) is 25.6 Å². The molecule has 1 aromatic rings. The average Bonchev–Trinajstić information content (AvgIpc) is 2.62. The first-order valence-corrected chi connectivity index (χ1v) is 9.52. The average molecular weight is 505 g/mol. The van der Waals surface area contributed by atoms with Crippen LogP contribution in [-0.4, -0.2) is 55.6 Å². The first kappa shape index (κ1) is 23.7. The van der Waals surface area contributed by atoms with Crippen molar-refractivity contribution in [2.75, 3.05) is 6.54 Å². The maximum atomic E-state index is 12.9. The molecule has 0 saturated carbocycles. The molecule has 28 heavy (non-hydrogen) atoms. The van der Waals surface area contributed by atoms with E-state index in [-0.39, 0.29) is 24.0 Å². The molecule has 3 amide bonds. The van der Waals surface area contributed by atoms with E-state index >= 15 is 0 Å². The molecule has 2 atom stereocenters. The van der Waals surface area contributed by atoms with Gasteiger partial charge in [-0.15, -0.1) is 0 Å². The highest BCUT2D eigenvalue weighted by atomic mass is 127. The second-order valence-corrected chi connectivity index (χ2v) is 7.60. The fourth-order valence-electron chi connectivity index (χ4n) is 2.41. The Hall–Kier alpha value is -2.37. The largest absolute Gasteiger partial charge is 0.508 e. The summed E-state index contributed by atoms with van der Waals surface area (Å²) >= 11 is 1.74. The third-order valence-corrected chi connectivity index (χ3v) is 5.26. The number of carboxylic acid groups (broad SMARTS) is 1. The Morgan fingerprint density at radius 2 is 1.68 bits per heavy atom. The molecule has 0 fully saturated rings. The summed E-state index contributed by atoms with van der Waals surface area (Å²) in [5.74, 6) is -2.90. The Morgan fingerprint density at radius 3 is 2.14 bits per heavy atom. The number of phenolic OH excluding ortho intramolecular Hbond substituents is 1. The number of carbonyl (C=O) groups excluding carboxylic acids is 3. The third kappa shape index (κ3) is 7.33. The second-order valence-electron chi connectivity index (χ2n) is 6.56. The molecule has 0 aliphatic heterocycles. The number of phenols is 1. The number of carboxylic acids is 1. The Labute approximate surface area is 177 Å². The minimum absolute atomic E-state index is 0.0811. The highest BCUT2D eigenvalue weighted by molar-refractivity contribution is 14.1. The fourth-order valence-corrected chi connectivity index (χ4v) is 2.86. The first-order valence-electron chi connectivity index (χ1n) is 8.56. The molecule has 0 unspecified atom stereocenters. The number of aliphatic carboxylic acids is 1. The van der Waals surface area contributed by atoms with E-state index in [1.165, 1.54) is 22.2 Å². The lowest BCUT2D eigenvalue weighted by Gasteiger charge is -2.28. The van der Waals surface area contributed by atoms with Gasteiger partial charge in [0.2, 0.25) is 17.7 Å². The molecule has 4 N–H and O–H groups in total. The van der Waals surface area contributed by atoms with Crippen molar-refractivity contribution < 1.29 is 29.4 Å². The van der Waals surface area contributed by atoms with Gasteiger partial charge >= 0.3 is 5.97 Å². The number of amides is 3. The molecule has 1 aromatic carbocycles. The third-order valence-electron chi connectivity index (χ3n) is 3.90. The van der Waals surface area contributed by atoms with Gasteiger partial charge in [-0.05, 0) is 23.6 Å². The molecule has 0 heterocycles. The van der Waals surface area contributed by atoms with Crippen LogP contribution in [0.25, 0.3) is 0 Å². The lowest BCUT2D eigenvalue weighted by atomic mass is 10.0. The Balaban J connectivity index is 2.99. The number of hydrogen-bond acceptors (Lipinski definition) is 5. The minimum atomic E-state index is -1.19. The van der Waals surface area contributed by atoms with Crippen molar-refractivity contribution in [1.82, 2.24) is 13.7 Å². The SMILES string of the molecule is CC(=O)N(I)[C@@H](Cc1ccc(O)cc1)C(=O)N[C@H](C(=O)NCC(=O)O)C(C)C. The van der Waals surface area contributed by atoms with Crippen molar-refractivity contribution in [1.29, 1.82) is 0 Å². The van der Waals surface area contributed by atoms with Gasteiger partial charge in [-0.2, -0.15) is 0 Å². The zero-order valence-corrected chi connectivity index (χ0v) is 18.0. The maximum absolute atomic E-state index is 12.9. The van der Waals surface area contributed by atoms with Gasteiger partial charge in [0.25, 0.3) is 0 Å². The van der Waals surface area contributed by atoms with Gasteiger partial charge in [0.1, 0.15) is 24.4 Å². The molecule has 1 rings (SSSR count). The lowest BCUT2D eigenvalue weighted by Crippen LogP contribution is -2.55. The van der Waals surface area contributed by atoms with Crippen LogP contribution >= 0.6 is 22.9 Å². The normalized spacial score (nSPS) is 12.8. The van der Waals surface area contributed by atoms with Gasteiger partial charge in [-0.3, -0.25) is 22.3 Å². The van der Waals surface area contributed by atoms with Crippen molar-refractivity contribution in [3.63, 3.8) is 0 Å². The zero-order valence-electron chi connectivity index (χ0n) is 15.8. The van der Waals surface area contributed by atoms with E-state index in [4.69, 9.17) is 5.11 Å². The van der Waals surface area contributed by atoms with E-state index < -0.39 is 36.4 Å². The summed E-state index contributed by atoms with van der Waals surface area (Å²) in [5, 5.41) is 23.0. The van der Waals surface area contributed by atoms with Crippen LogP contribution < -0.4 is 10.6 Å². The molecule has 0 saturated heterocycles. The standard InChI is InChI=1S/C18H24IN3O6/c1-10(2)16(18(28)20-9-15(25)26)21-17(27)14(22(19)11(3)23)8-12-4-6-13(24)7-5-12/h4-7,10,14,16,24H,8-9H2,1-3H3,(H,20,28)(H,21,27)(H,25,26)/t14-,16-/m0/s1. The van der Waals surface area contributed by atoms with Gasteiger partial charge < -0.3 is 20.8 Å². The second kappa shape index (κ2) is 10.8. The van der Waals surface area contributed by atoms with Crippen molar-refractivity contribution in [3.8, 4) is 5.75 Å². The van der Waals surface area contributed by atoms with Crippen LogP contribution in [0.2, 0.25) is 0 Å². The van der Waals surface area contributed by atoms with Gasteiger partial charge in [0, 0.05) is 13.3 Å². The molecule has 0 aromatic heterocycles. The van der Waals surface area contributed by atoms with Gasteiger partial charge in [-0.1, -0.05) is 26.0 Å². The van der Waals surface area contributed by atoms with E-state index in [0.717, 1.165) is 5.56 Å². The lowest BCUT2D eigenvalue weighted by molar-refractivity contribution is -0.139. The van der Waals surface area contributed by atoms with Gasteiger partial charge in [-0.25, -0.2) is 0 Å². The van der Waals surface area contributed by atoms with E-state index in [2.05, 4.69) is 10.6 Å². The molecular formula is C18H24IN3O6. The first-order chi connectivity index (χ1) is 13.0. The number of benzene rings is 1. The van der Waals surface area contributed by atoms with E-state index in [9.17, 15) is 24.3 Å². The molecule has 0 bridgehead atoms. The predicted octanol–water partition coefficient (Wildman–Crippen LogP) is 0.843. The Bertz CT molecular complexity index is 723. The molecule has 154 valence electrons. The van der Waals surface area contributed by atoms with Crippen LogP contribution in [0, 0.1) is 5.92 Å². The van der Waals surface area contributed by atoms with Crippen LogP contribution in [0.4, 0.5) is 0 Å². The van der Waals surface area contributed by atoms with Gasteiger partial charge in [0.05, 0.1) is 22.9 Å². The smallest absolute Gasteiger partial charge is 0.322 e. The van der Waals surface area contributed by atoms with Gasteiger partial charge in [0.15, 0.2) is 0 Å². The molecule has 10 heteroatoms. The summed E-state index contributed by atoms with van der Waals surface area (Å²) in [6.45, 7) is 4.20. The quantitative estimate of drug-likeness (QED) is 0.290. The fraction of sp³-hybridized carbons (Fsp3) is 0.444. The zero-order chi connectivity index (χ0) is 21.4. The summed E-state index contributed by atoms with van der Waals surface area (Å²) in [7, 11) is 0. The number of halogens is 1. The highest BCUT2D eigenvalue weighted by Gasteiger charge is 2.32. The van der Waals surface area contributed by atoms with Crippen molar-refractivity contribution in [3.05, 3.63) is 29.8 Å². The van der Waals surface area contributed by atoms with Crippen LogP contribution in [0.5, 0.6) is 5.75 Å². The van der Waals surface area contributed by atoms with E-state index in [1.807, 2.05) is 0 Å². The molecule has 0 spiro atoms. The minimum Gasteiger partial charge on any atom is -0.508 e. The predicted molar refractivity (Wildman–Crippen MR) is 110 cm³/mol. The maximum Gasteiger partial charge on any atom is 0.322 e. The van der Waals surface area contributed by atoms with E-state index in [0.29, 0.717) is 0 Å². The van der Waals surface area contributed by atoms with Crippen LogP contribution in [0.15, 0.2) is 24.3 Å². The summed E-state index contributed by atoms with van der Waals surface area (Å²) in [6.07, 6.45) is 0.177. The Kier molecular flexibility index (Phi) is 9.16. The summed E-state index contributed by atoms with van der Waals surface area (Å²) in [5.41, 5.74) is 0.720. The number of hydrogen-bond donors (Lipinski definition) is 4. The van der Waals surface area contributed by atoms with Crippen molar-refractivity contribution in [2.24, 2.45) is 5.92 Å². The topological polar surface area (TPSA) is 136 Å². The molecule has 0 aliphatic rings. The Morgan fingerprint density at radius 1 is 1.11 bits per heavy atom. The molecule has 0 aliphatic carbocycles. The van der Waals surface area contributed by atoms with Crippen molar-refractivity contribution in [2.45, 2.75) is 39.3 Å². The number of nitrogens with zero attached hydrogens (tertiary/aromatic N) is 1. The van der Waals surface area contributed by atoms with E-state index in [1.54, 1.807) is 48.8 Å². The molecular weight excluding hydrogens is 481 g/mol. The number of carbonyl (C=O) groups is 4. The summed E-state index contributed by atoms with van der Waals surface area (Å²) in [6, 6.07) is 4.39. The summed E-state index contributed by atoms with van der Waals surface area (Å²) < 4.78 is 1.24. The monoisotopic (exact) mass is 505 g/mol. The molecule has 9 nitrogen and oxygen atoms in total. The number of aromatic hydroxyl groups is 1. The van der Waals surface area contributed by atoms with Crippen LogP contribution in [0.1, 0.15) is 26.3 Å². The highest BCUT2D eigenvalue weighted by Crippen LogP contribution is 2.17. The number of rotatable bonds is 9. The summed E-state index contributed by atoms with van der Waals surface area (Å²) in [4.78, 5) is 47.6.